The van der Waals surface area contributed by atoms with Crippen LogP contribution in [0.15, 0.2) is 24.3 Å². The van der Waals surface area contributed by atoms with Crippen LogP contribution >= 0.6 is 34.5 Å². The van der Waals surface area contributed by atoms with Crippen molar-refractivity contribution in [3.63, 3.8) is 0 Å². The number of thiophene rings is 1. The molecule has 0 fully saturated rings. The minimum atomic E-state index is 0.322. The maximum atomic E-state index is 6.14. The van der Waals surface area contributed by atoms with Crippen LogP contribution in [0.1, 0.15) is 22.9 Å². The largest absolute Gasteiger partial charge is 0.495 e. The molecule has 1 aliphatic carbocycles. The lowest BCUT2D eigenvalue weighted by Crippen LogP contribution is -2.06. The van der Waals surface area contributed by atoms with E-state index in [1.54, 1.807) is 18.4 Å². The Hall–Kier alpha value is -0.900. The maximum absolute atomic E-state index is 6.14. The van der Waals surface area contributed by atoms with Crippen LogP contribution in [-0.2, 0) is 6.42 Å². The monoisotopic (exact) mass is 313 g/mol. The average Bonchev–Trinajstić information content (AvgIpc) is 2.90. The third-order valence-corrected chi connectivity index (χ3v) is 4.97. The molecule has 1 N–H and O–H groups in total. The number of hydrogen-bond acceptors (Lipinski definition) is 3. The zero-order chi connectivity index (χ0) is 13.4. The van der Waals surface area contributed by atoms with Crippen LogP contribution in [-0.4, -0.2) is 7.11 Å². The normalized spacial score (nSPS) is 17.3. The Morgan fingerprint density at radius 2 is 2.16 bits per heavy atom. The molecule has 0 amide bonds. The molecule has 1 aromatic carbocycles. The quantitative estimate of drug-likeness (QED) is 0.844. The van der Waals surface area contributed by atoms with E-state index in [1.807, 2.05) is 18.2 Å². The zero-order valence-electron chi connectivity index (χ0n) is 10.4. The lowest BCUT2D eigenvalue weighted by Gasteiger charge is -2.15. The number of benzene rings is 1. The van der Waals surface area contributed by atoms with Gasteiger partial charge in [-0.1, -0.05) is 23.2 Å². The number of methoxy groups -OCH3 is 1. The van der Waals surface area contributed by atoms with E-state index in [0.717, 1.165) is 22.9 Å². The van der Waals surface area contributed by atoms with E-state index in [4.69, 9.17) is 27.9 Å². The molecule has 0 saturated carbocycles. The van der Waals surface area contributed by atoms with Gasteiger partial charge in [-0.05, 0) is 42.7 Å². The SMILES string of the molecule is COc1ccc(NC2CCc3sc(Cl)cc32)cc1Cl. The highest BCUT2D eigenvalue weighted by Gasteiger charge is 2.25. The van der Waals surface area contributed by atoms with Crippen molar-refractivity contribution in [1.29, 1.82) is 0 Å². The fourth-order valence-corrected chi connectivity index (χ4v) is 4.05. The van der Waals surface area contributed by atoms with Crippen molar-refractivity contribution in [3.05, 3.63) is 44.1 Å². The molecule has 19 heavy (non-hydrogen) atoms. The first-order valence-electron chi connectivity index (χ1n) is 6.05. The topological polar surface area (TPSA) is 21.3 Å². The summed E-state index contributed by atoms with van der Waals surface area (Å²) < 4.78 is 6.02. The molecule has 1 heterocycles. The van der Waals surface area contributed by atoms with E-state index in [0.29, 0.717) is 16.8 Å². The van der Waals surface area contributed by atoms with Crippen LogP contribution in [0.5, 0.6) is 5.75 Å². The molecule has 2 aromatic rings. The van der Waals surface area contributed by atoms with Gasteiger partial charge in [0.25, 0.3) is 0 Å². The summed E-state index contributed by atoms with van der Waals surface area (Å²) in [7, 11) is 1.62. The molecule has 0 saturated heterocycles. The number of halogens is 2. The Morgan fingerprint density at radius 1 is 1.32 bits per heavy atom. The minimum absolute atomic E-state index is 0.322. The van der Waals surface area contributed by atoms with Crippen molar-refractivity contribution in [2.45, 2.75) is 18.9 Å². The van der Waals surface area contributed by atoms with Gasteiger partial charge in [0.15, 0.2) is 0 Å². The van der Waals surface area contributed by atoms with Gasteiger partial charge in [-0.15, -0.1) is 11.3 Å². The lowest BCUT2D eigenvalue weighted by atomic mass is 10.1. The fraction of sp³-hybridized carbons (Fsp3) is 0.286. The van der Waals surface area contributed by atoms with Crippen LogP contribution in [0.2, 0.25) is 9.36 Å². The van der Waals surface area contributed by atoms with E-state index < -0.39 is 0 Å². The van der Waals surface area contributed by atoms with Crippen LogP contribution < -0.4 is 10.1 Å². The highest BCUT2D eigenvalue weighted by atomic mass is 35.5. The Balaban J connectivity index is 1.81. The van der Waals surface area contributed by atoms with Gasteiger partial charge in [-0.2, -0.15) is 0 Å². The van der Waals surface area contributed by atoms with Gasteiger partial charge in [0.2, 0.25) is 0 Å². The Morgan fingerprint density at radius 3 is 2.89 bits per heavy atom. The van der Waals surface area contributed by atoms with E-state index in [-0.39, 0.29) is 0 Å². The van der Waals surface area contributed by atoms with E-state index >= 15 is 0 Å². The lowest BCUT2D eigenvalue weighted by molar-refractivity contribution is 0.415. The van der Waals surface area contributed by atoms with Crippen LogP contribution in [0.4, 0.5) is 5.69 Å². The minimum Gasteiger partial charge on any atom is -0.495 e. The van der Waals surface area contributed by atoms with Crippen LogP contribution in [0.25, 0.3) is 0 Å². The molecule has 5 heteroatoms. The number of fused-ring (bicyclic) bond motifs is 1. The Kier molecular flexibility index (Phi) is 3.61. The smallest absolute Gasteiger partial charge is 0.137 e. The molecule has 3 rings (SSSR count). The third kappa shape index (κ3) is 2.55. The molecule has 1 atom stereocenters. The van der Waals surface area contributed by atoms with Gasteiger partial charge in [0, 0.05) is 10.6 Å². The van der Waals surface area contributed by atoms with Crippen molar-refractivity contribution in [2.75, 3.05) is 12.4 Å². The Labute approximate surface area is 126 Å². The highest BCUT2D eigenvalue weighted by molar-refractivity contribution is 7.16. The molecule has 1 aliphatic rings. The summed E-state index contributed by atoms with van der Waals surface area (Å²) in [5, 5.41) is 4.13. The molecule has 0 spiro atoms. The number of aryl methyl sites for hydroxylation is 1. The molecule has 0 aliphatic heterocycles. The number of hydrogen-bond donors (Lipinski definition) is 1. The summed E-state index contributed by atoms with van der Waals surface area (Å²) in [5.74, 6) is 0.693. The molecule has 2 nitrogen and oxygen atoms in total. The van der Waals surface area contributed by atoms with Crippen molar-refractivity contribution < 1.29 is 4.74 Å². The maximum Gasteiger partial charge on any atom is 0.137 e. The van der Waals surface area contributed by atoms with Gasteiger partial charge in [0.1, 0.15) is 5.75 Å². The van der Waals surface area contributed by atoms with E-state index in [9.17, 15) is 0 Å². The molecule has 0 bridgehead atoms. The first-order valence-corrected chi connectivity index (χ1v) is 7.63. The van der Waals surface area contributed by atoms with E-state index in [1.165, 1.54) is 10.4 Å². The van der Waals surface area contributed by atoms with Crippen LogP contribution in [0, 0.1) is 0 Å². The standard InChI is InChI=1S/C14H13Cl2NOS/c1-18-12-4-2-8(6-10(12)15)17-11-3-5-13-9(11)7-14(16)19-13/h2,4,6-7,11,17H,3,5H2,1H3. The number of nitrogens with one attached hydrogen (secondary N) is 1. The highest BCUT2D eigenvalue weighted by Crippen LogP contribution is 2.41. The second kappa shape index (κ2) is 5.23. The number of anilines is 1. The zero-order valence-corrected chi connectivity index (χ0v) is 12.7. The van der Waals surface area contributed by atoms with Gasteiger partial charge in [-0.3, -0.25) is 0 Å². The predicted octanol–water partition coefficient (Wildman–Crippen LogP) is 5.16. The first kappa shape index (κ1) is 13.1. The number of rotatable bonds is 3. The van der Waals surface area contributed by atoms with Crippen molar-refractivity contribution in [1.82, 2.24) is 0 Å². The molecular formula is C14H13Cl2NOS. The van der Waals surface area contributed by atoms with Crippen LogP contribution in [0.3, 0.4) is 0 Å². The van der Waals surface area contributed by atoms with Crippen molar-refractivity contribution in [2.24, 2.45) is 0 Å². The predicted molar refractivity (Wildman–Crippen MR) is 82.0 cm³/mol. The van der Waals surface area contributed by atoms with Gasteiger partial charge in [-0.25, -0.2) is 0 Å². The van der Waals surface area contributed by atoms with Crippen molar-refractivity contribution >= 4 is 40.2 Å². The van der Waals surface area contributed by atoms with E-state index in [2.05, 4.69) is 11.4 Å². The first-order chi connectivity index (χ1) is 9.17. The average molecular weight is 314 g/mol. The van der Waals surface area contributed by atoms with Gasteiger partial charge >= 0.3 is 0 Å². The second-order valence-electron chi connectivity index (χ2n) is 4.51. The summed E-state index contributed by atoms with van der Waals surface area (Å²) >= 11 is 13.9. The summed E-state index contributed by atoms with van der Waals surface area (Å²) in [6.45, 7) is 0. The fourth-order valence-electron chi connectivity index (χ4n) is 2.44. The van der Waals surface area contributed by atoms with Gasteiger partial charge < -0.3 is 10.1 Å². The second-order valence-corrected chi connectivity index (χ2v) is 6.69. The van der Waals surface area contributed by atoms with Gasteiger partial charge in [0.05, 0.1) is 22.5 Å². The molecular weight excluding hydrogens is 301 g/mol. The summed E-state index contributed by atoms with van der Waals surface area (Å²) in [5.41, 5.74) is 2.33. The molecule has 0 radical (unpaired) electrons. The van der Waals surface area contributed by atoms with Crippen molar-refractivity contribution in [3.8, 4) is 5.75 Å². The molecule has 100 valence electrons. The summed E-state index contributed by atoms with van der Waals surface area (Å²) in [6.07, 6.45) is 2.19. The number of ether oxygens (including phenoxy) is 1. The summed E-state index contributed by atoms with van der Waals surface area (Å²) in [6, 6.07) is 8.14. The Bertz CT molecular complexity index is 611. The third-order valence-electron chi connectivity index (χ3n) is 3.34. The summed E-state index contributed by atoms with van der Waals surface area (Å²) in [4.78, 5) is 1.39. The molecule has 1 aromatic heterocycles. The molecule has 1 unspecified atom stereocenters.